The van der Waals surface area contributed by atoms with Crippen LogP contribution in [0.2, 0.25) is 0 Å². The lowest BCUT2D eigenvalue weighted by Gasteiger charge is -2.35. The van der Waals surface area contributed by atoms with Crippen LogP contribution in [-0.2, 0) is 19.5 Å². The highest BCUT2D eigenvalue weighted by Gasteiger charge is 2.32. The van der Waals surface area contributed by atoms with Crippen LogP contribution in [0, 0.1) is 5.82 Å². The van der Waals surface area contributed by atoms with Gasteiger partial charge in [-0.1, -0.05) is 18.2 Å². The molecule has 0 saturated carbocycles. The molecule has 0 unspecified atom stereocenters. The van der Waals surface area contributed by atoms with Gasteiger partial charge in [0, 0.05) is 24.2 Å². The van der Waals surface area contributed by atoms with Crippen LogP contribution in [0.4, 0.5) is 4.39 Å². The molecule has 2 aromatic carbocycles. The summed E-state index contributed by atoms with van der Waals surface area (Å²) in [5.74, 6) is 1.21. The van der Waals surface area contributed by atoms with Gasteiger partial charge in [-0.05, 0) is 56.0 Å². The zero-order chi connectivity index (χ0) is 19.4. The van der Waals surface area contributed by atoms with E-state index in [4.69, 9.17) is 14.6 Å². The minimum absolute atomic E-state index is 0.0298. The predicted molar refractivity (Wildman–Crippen MR) is 104 cm³/mol. The quantitative estimate of drug-likeness (QED) is 0.761. The smallest absolute Gasteiger partial charge is 0.161 e. The molecule has 1 heterocycles. The molecule has 0 fully saturated rings. The third kappa shape index (κ3) is 4.42. The summed E-state index contributed by atoms with van der Waals surface area (Å²) >= 11 is 0. The second-order valence-electron chi connectivity index (χ2n) is 7.60. The van der Waals surface area contributed by atoms with E-state index in [-0.39, 0.29) is 24.6 Å². The van der Waals surface area contributed by atoms with Crippen LogP contribution in [0.3, 0.4) is 0 Å². The summed E-state index contributed by atoms with van der Waals surface area (Å²) in [5.41, 5.74) is 3.04. The Morgan fingerprint density at radius 3 is 2.67 bits per heavy atom. The number of benzene rings is 2. The van der Waals surface area contributed by atoms with Gasteiger partial charge in [-0.15, -0.1) is 0 Å². The van der Waals surface area contributed by atoms with E-state index in [1.165, 1.54) is 5.56 Å². The number of aryl methyl sites for hydroxylation is 1. The van der Waals surface area contributed by atoms with E-state index < -0.39 is 0 Å². The van der Waals surface area contributed by atoms with E-state index in [2.05, 4.69) is 18.7 Å². The number of rotatable bonds is 8. The van der Waals surface area contributed by atoms with Gasteiger partial charge in [0.1, 0.15) is 12.4 Å². The van der Waals surface area contributed by atoms with E-state index >= 15 is 0 Å². The SMILES string of the molecule is COc1cc(CCC(C)(C)N2Cc3cccc(F)c3C2)ccc1OCCO. The minimum Gasteiger partial charge on any atom is -0.493 e. The maximum atomic E-state index is 14.0. The van der Waals surface area contributed by atoms with E-state index in [0.29, 0.717) is 18.0 Å². The minimum atomic E-state index is -0.103. The molecule has 0 radical (unpaired) electrons. The third-order valence-corrected chi connectivity index (χ3v) is 5.38. The Balaban J connectivity index is 1.65. The number of methoxy groups -OCH3 is 1. The number of ether oxygens (including phenoxy) is 2. The summed E-state index contributed by atoms with van der Waals surface area (Å²) in [5, 5.41) is 8.91. The monoisotopic (exact) mass is 373 g/mol. The number of aliphatic hydroxyl groups is 1. The molecule has 4 nitrogen and oxygen atoms in total. The Kier molecular flexibility index (Phi) is 6.02. The van der Waals surface area contributed by atoms with Crippen molar-refractivity contribution in [2.75, 3.05) is 20.3 Å². The van der Waals surface area contributed by atoms with Crippen molar-refractivity contribution in [2.24, 2.45) is 0 Å². The van der Waals surface area contributed by atoms with E-state index in [0.717, 1.165) is 30.5 Å². The summed E-state index contributed by atoms with van der Waals surface area (Å²) in [7, 11) is 1.62. The number of hydrogen-bond donors (Lipinski definition) is 1. The molecule has 1 aliphatic rings. The van der Waals surface area contributed by atoms with Gasteiger partial charge >= 0.3 is 0 Å². The van der Waals surface area contributed by atoms with Crippen molar-refractivity contribution in [3.63, 3.8) is 0 Å². The Bertz CT molecular complexity index is 791. The molecule has 0 bridgehead atoms. The highest BCUT2D eigenvalue weighted by atomic mass is 19.1. The van der Waals surface area contributed by atoms with Gasteiger partial charge < -0.3 is 14.6 Å². The van der Waals surface area contributed by atoms with Crippen molar-refractivity contribution in [2.45, 2.75) is 45.3 Å². The molecule has 0 aliphatic carbocycles. The fourth-order valence-corrected chi connectivity index (χ4v) is 3.56. The average Bonchev–Trinajstić information content (AvgIpc) is 3.12. The largest absolute Gasteiger partial charge is 0.493 e. The van der Waals surface area contributed by atoms with Crippen molar-refractivity contribution < 1.29 is 19.0 Å². The van der Waals surface area contributed by atoms with Crippen molar-refractivity contribution in [3.8, 4) is 11.5 Å². The summed E-state index contributed by atoms with van der Waals surface area (Å²) in [6.45, 7) is 6.09. The highest BCUT2D eigenvalue weighted by Crippen LogP contribution is 2.34. The Morgan fingerprint density at radius 2 is 1.96 bits per heavy atom. The van der Waals surface area contributed by atoms with Crippen molar-refractivity contribution in [3.05, 3.63) is 58.9 Å². The van der Waals surface area contributed by atoms with E-state index in [1.807, 2.05) is 24.3 Å². The number of nitrogens with zero attached hydrogens (tertiary/aromatic N) is 1. The second-order valence-corrected chi connectivity index (χ2v) is 7.60. The Labute approximate surface area is 160 Å². The summed E-state index contributed by atoms with van der Waals surface area (Å²) < 4.78 is 24.9. The molecule has 0 saturated heterocycles. The van der Waals surface area contributed by atoms with Crippen LogP contribution in [0.15, 0.2) is 36.4 Å². The first-order valence-electron chi connectivity index (χ1n) is 9.36. The first kappa shape index (κ1) is 19.6. The molecule has 27 heavy (non-hydrogen) atoms. The van der Waals surface area contributed by atoms with Gasteiger partial charge in [-0.3, -0.25) is 4.90 Å². The van der Waals surface area contributed by atoms with Crippen molar-refractivity contribution in [1.29, 1.82) is 0 Å². The summed E-state index contributed by atoms with van der Waals surface area (Å²) in [4.78, 5) is 2.34. The zero-order valence-electron chi connectivity index (χ0n) is 16.3. The average molecular weight is 373 g/mol. The third-order valence-electron chi connectivity index (χ3n) is 5.38. The topological polar surface area (TPSA) is 41.9 Å². The maximum Gasteiger partial charge on any atom is 0.161 e. The number of halogens is 1. The maximum absolute atomic E-state index is 14.0. The second kappa shape index (κ2) is 8.28. The van der Waals surface area contributed by atoms with Crippen LogP contribution in [-0.4, -0.2) is 35.9 Å². The molecule has 0 spiro atoms. The first-order chi connectivity index (χ1) is 12.9. The lowest BCUT2D eigenvalue weighted by Crippen LogP contribution is -2.40. The molecule has 0 atom stereocenters. The lowest BCUT2D eigenvalue weighted by molar-refractivity contribution is 0.109. The van der Waals surface area contributed by atoms with Gasteiger partial charge in [-0.2, -0.15) is 0 Å². The van der Waals surface area contributed by atoms with Crippen LogP contribution in [0.5, 0.6) is 11.5 Å². The molecular weight excluding hydrogens is 345 g/mol. The van der Waals surface area contributed by atoms with Gasteiger partial charge in [0.25, 0.3) is 0 Å². The zero-order valence-corrected chi connectivity index (χ0v) is 16.3. The number of hydrogen-bond acceptors (Lipinski definition) is 4. The molecule has 1 aliphatic heterocycles. The van der Waals surface area contributed by atoms with Crippen LogP contribution in [0.1, 0.15) is 37.0 Å². The molecule has 0 amide bonds. The van der Waals surface area contributed by atoms with Gasteiger partial charge in [-0.25, -0.2) is 4.39 Å². The standard InChI is InChI=1S/C22H28FNO3/c1-22(2,24-14-17-5-4-6-19(23)18(17)15-24)10-9-16-7-8-20(27-12-11-25)21(13-16)26-3/h4-8,13,25H,9-12,14-15H2,1-3H3. The van der Waals surface area contributed by atoms with Crippen molar-refractivity contribution in [1.82, 2.24) is 4.90 Å². The fourth-order valence-electron chi connectivity index (χ4n) is 3.56. The number of aliphatic hydroxyl groups excluding tert-OH is 1. The van der Waals surface area contributed by atoms with Crippen LogP contribution >= 0.6 is 0 Å². The van der Waals surface area contributed by atoms with Crippen molar-refractivity contribution >= 4 is 0 Å². The van der Waals surface area contributed by atoms with Gasteiger partial charge in [0.05, 0.1) is 13.7 Å². The molecule has 146 valence electrons. The van der Waals surface area contributed by atoms with Crippen LogP contribution in [0.25, 0.3) is 0 Å². The summed E-state index contributed by atoms with van der Waals surface area (Å²) in [6, 6.07) is 11.3. The normalized spacial score (nSPS) is 14.3. The molecule has 0 aromatic heterocycles. The molecule has 3 rings (SSSR count). The van der Waals surface area contributed by atoms with Gasteiger partial charge in [0.15, 0.2) is 11.5 Å². The highest BCUT2D eigenvalue weighted by molar-refractivity contribution is 5.43. The molecule has 1 N–H and O–H groups in total. The lowest BCUT2D eigenvalue weighted by atomic mass is 9.93. The Morgan fingerprint density at radius 1 is 1.15 bits per heavy atom. The number of fused-ring (bicyclic) bond motifs is 1. The van der Waals surface area contributed by atoms with Gasteiger partial charge in [0.2, 0.25) is 0 Å². The fraction of sp³-hybridized carbons (Fsp3) is 0.455. The molecule has 2 aromatic rings. The predicted octanol–water partition coefficient (Wildman–Crippen LogP) is 3.93. The van der Waals surface area contributed by atoms with Crippen LogP contribution < -0.4 is 9.47 Å². The van der Waals surface area contributed by atoms with E-state index in [1.54, 1.807) is 19.2 Å². The Hall–Kier alpha value is -2.11. The first-order valence-corrected chi connectivity index (χ1v) is 9.36. The molecule has 5 heteroatoms. The molecular formula is C22H28FNO3. The van der Waals surface area contributed by atoms with E-state index in [9.17, 15) is 4.39 Å². The summed E-state index contributed by atoms with van der Waals surface area (Å²) in [6.07, 6.45) is 1.83.